The van der Waals surface area contributed by atoms with Crippen molar-refractivity contribution in [1.82, 2.24) is 5.01 Å². The number of hydrazone groups is 1. The first-order valence-corrected chi connectivity index (χ1v) is 7.72. The molecule has 1 aliphatic heterocycles. The molecule has 3 nitrogen and oxygen atoms in total. The summed E-state index contributed by atoms with van der Waals surface area (Å²) in [5, 5.41) is 5.87. The Morgan fingerprint density at radius 2 is 2.00 bits per heavy atom. The molecule has 112 valence electrons. The predicted octanol–water partition coefficient (Wildman–Crippen LogP) is 4.29. The molecule has 0 bridgehead atoms. The summed E-state index contributed by atoms with van der Waals surface area (Å²) in [6.07, 6.45) is 0.574. The third-order valence-electron chi connectivity index (χ3n) is 3.64. The Kier molecular flexibility index (Phi) is 4.07. The highest BCUT2D eigenvalue weighted by Crippen LogP contribution is 2.33. The Balaban J connectivity index is 1.94. The molecule has 1 aliphatic rings. The van der Waals surface area contributed by atoms with E-state index in [9.17, 15) is 9.18 Å². The van der Waals surface area contributed by atoms with Gasteiger partial charge in [-0.3, -0.25) is 4.79 Å². The van der Waals surface area contributed by atoms with E-state index in [4.69, 9.17) is 0 Å². The number of carbonyl (C=O) groups excluding carboxylic acids is 1. The number of nitrogens with zero attached hydrogens (tertiary/aromatic N) is 2. The molecule has 22 heavy (non-hydrogen) atoms. The summed E-state index contributed by atoms with van der Waals surface area (Å²) in [5.74, 6) is -0.459. The van der Waals surface area contributed by atoms with Gasteiger partial charge >= 0.3 is 0 Å². The van der Waals surface area contributed by atoms with Crippen LogP contribution >= 0.6 is 15.9 Å². The Hall–Kier alpha value is -2.01. The number of amides is 1. The molecule has 5 heteroatoms. The number of benzene rings is 2. The molecule has 1 atom stereocenters. The van der Waals surface area contributed by atoms with Crippen LogP contribution in [0.5, 0.6) is 0 Å². The molecular formula is C17H14BrFN2O. The van der Waals surface area contributed by atoms with Gasteiger partial charge in [-0.05, 0) is 35.4 Å². The Labute approximate surface area is 136 Å². The van der Waals surface area contributed by atoms with Gasteiger partial charge in [0.2, 0.25) is 5.91 Å². The number of hydrogen-bond donors (Lipinski definition) is 0. The minimum atomic E-state index is -0.307. The molecule has 0 saturated heterocycles. The summed E-state index contributed by atoms with van der Waals surface area (Å²) < 4.78 is 14.5. The van der Waals surface area contributed by atoms with E-state index in [1.807, 2.05) is 30.3 Å². The van der Waals surface area contributed by atoms with Gasteiger partial charge in [0.1, 0.15) is 5.82 Å². The van der Waals surface area contributed by atoms with Crippen LogP contribution in [0, 0.1) is 5.82 Å². The van der Waals surface area contributed by atoms with Crippen LogP contribution in [0.4, 0.5) is 4.39 Å². The molecule has 0 N–H and O–H groups in total. The topological polar surface area (TPSA) is 32.7 Å². The highest BCUT2D eigenvalue weighted by Gasteiger charge is 2.31. The van der Waals surface area contributed by atoms with Gasteiger partial charge in [0, 0.05) is 17.8 Å². The lowest BCUT2D eigenvalue weighted by atomic mass is 9.98. The Morgan fingerprint density at radius 3 is 2.64 bits per heavy atom. The lowest BCUT2D eigenvalue weighted by molar-refractivity contribution is -0.130. The van der Waals surface area contributed by atoms with Gasteiger partial charge < -0.3 is 0 Å². The monoisotopic (exact) mass is 360 g/mol. The van der Waals surface area contributed by atoms with Gasteiger partial charge in [0.05, 0.1) is 11.8 Å². The molecule has 1 heterocycles. The average Bonchev–Trinajstić information content (AvgIpc) is 2.93. The van der Waals surface area contributed by atoms with Gasteiger partial charge in [-0.25, -0.2) is 9.40 Å². The van der Waals surface area contributed by atoms with Crippen molar-refractivity contribution in [1.29, 1.82) is 0 Å². The lowest BCUT2D eigenvalue weighted by Gasteiger charge is -2.20. The number of rotatable bonds is 2. The molecule has 0 fully saturated rings. The van der Waals surface area contributed by atoms with E-state index in [2.05, 4.69) is 21.0 Å². The molecule has 1 amide bonds. The molecule has 0 spiro atoms. The second kappa shape index (κ2) is 6.01. The van der Waals surface area contributed by atoms with Crippen LogP contribution in [0.1, 0.15) is 30.5 Å². The first-order chi connectivity index (χ1) is 10.5. The van der Waals surface area contributed by atoms with Gasteiger partial charge in [0.25, 0.3) is 0 Å². The molecule has 0 aromatic heterocycles. The maximum absolute atomic E-state index is 13.5. The fraction of sp³-hybridized carbons (Fsp3) is 0.176. The van der Waals surface area contributed by atoms with Gasteiger partial charge in [-0.2, -0.15) is 5.10 Å². The molecule has 0 aliphatic carbocycles. The summed E-state index contributed by atoms with van der Waals surface area (Å²) in [6.45, 7) is 1.47. The third-order valence-corrected chi connectivity index (χ3v) is 4.17. The summed E-state index contributed by atoms with van der Waals surface area (Å²) in [6, 6.07) is 13.9. The van der Waals surface area contributed by atoms with Crippen LogP contribution < -0.4 is 0 Å². The zero-order valence-electron chi connectivity index (χ0n) is 12.0. The zero-order chi connectivity index (χ0) is 15.7. The van der Waals surface area contributed by atoms with Crippen molar-refractivity contribution in [3.63, 3.8) is 0 Å². The summed E-state index contributed by atoms with van der Waals surface area (Å²) >= 11 is 3.40. The molecule has 3 rings (SSSR count). The largest absolute Gasteiger partial charge is 0.273 e. The Bertz CT molecular complexity index is 743. The van der Waals surface area contributed by atoms with Gasteiger partial charge in [0.15, 0.2) is 0 Å². The number of halogens is 2. The minimum absolute atomic E-state index is 0.152. The SMILES string of the molecule is CC(=O)N1N=C(c2ccc(Br)cc2)CC1c1cccc(F)c1. The molecule has 1 unspecified atom stereocenters. The maximum Gasteiger partial charge on any atom is 0.240 e. The highest BCUT2D eigenvalue weighted by atomic mass is 79.9. The fourth-order valence-corrected chi connectivity index (χ4v) is 2.86. The summed E-state index contributed by atoms with van der Waals surface area (Å²) in [5.41, 5.74) is 2.55. The van der Waals surface area contributed by atoms with Crippen molar-refractivity contribution in [3.8, 4) is 0 Å². The van der Waals surface area contributed by atoms with E-state index in [0.29, 0.717) is 6.42 Å². The first kappa shape index (κ1) is 14.9. The summed E-state index contributed by atoms with van der Waals surface area (Å²) in [7, 11) is 0. The van der Waals surface area contributed by atoms with Crippen molar-refractivity contribution < 1.29 is 9.18 Å². The van der Waals surface area contributed by atoms with E-state index in [1.165, 1.54) is 24.1 Å². The van der Waals surface area contributed by atoms with Crippen molar-refractivity contribution in [2.75, 3.05) is 0 Å². The smallest absolute Gasteiger partial charge is 0.240 e. The molecular weight excluding hydrogens is 347 g/mol. The fourth-order valence-electron chi connectivity index (χ4n) is 2.59. The van der Waals surface area contributed by atoms with E-state index < -0.39 is 0 Å². The van der Waals surface area contributed by atoms with E-state index in [1.54, 1.807) is 6.07 Å². The standard InChI is InChI=1S/C17H14BrFN2O/c1-11(22)21-17(13-3-2-4-15(19)9-13)10-16(20-21)12-5-7-14(18)8-6-12/h2-9,17H,10H2,1H3. The average molecular weight is 361 g/mol. The maximum atomic E-state index is 13.5. The van der Waals surface area contributed by atoms with Crippen molar-refractivity contribution in [3.05, 3.63) is 69.9 Å². The highest BCUT2D eigenvalue weighted by molar-refractivity contribution is 9.10. The second-order valence-electron chi connectivity index (χ2n) is 5.19. The lowest BCUT2D eigenvalue weighted by Crippen LogP contribution is -2.24. The van der Waals surface area contributed by atoms with E-state index in [0.717, 1.165) is 21.3 Å². The van der Waals surface area contributed by atoms with Crippen LogP contribution in [-0.2, 0) is 4.79 Å². The van der Waals surface area contributed by atoms with Crippen molar-refractivity contribution in [2.45, 2.75) is 19.4 Å². The van der Waals surface area contributed by atoms with Crippen LogP contribution in [0.25, 0.3) is 0 Å². The van der Waals surface area contributed by atoms with Crippen LogP contribution in [-0.4, -0.2) is 16.6 Å². The molecule has 2 aromatic carbocycles. The molecule has 0 saturated carbocycles. The van der Waals surface area contributed by atoms with Gasteiger partial charge in [-0.1, -0.05) is 40.2 Å². The minimum Gasteiger partial charge on any atom is -0.273 e. The number of carbonyl (C=O) groups is 1. The predicted molar refractivity (Wildman–Crippen MR) is 87.0 cm³/mol. The zero-order valence-corrected chi connectivity index (χ0v) is 13.5. The molecule has 2 aromatic rings. The molecule has 0 radical (unpaired) electrons. The second-order valence-corrected chi connectivity index (χ2v) is 6.11. The first-order valence-electron chi connectivity index (χ1n) is 6.93. The van der Waals surface area contributed by atoms with Crippen LogP contribution in [0.2, 0.25) is 0 Å². The van der Waals surface area contributed by atoms with Crippen LogP contribution in [0.15, 0.2) is 58.1 Å². The Morgan fingerprint density at radius 1 is 1.27 bits per heavy atom. The third kappa shape index (κ3) is 2.95. The normalized spacial score (nSPS) is 17.5. The van der Waals surface area contributed by atoms with Crippen LogP contribution in [0.3, 0.4) is 0 Å². The van der Waals surface area contributed by atoms with Crippen molar-refractivity contribution >= 4 is 27.5 Å². The van der Waals surface area contributed by atoms with E-state index >= 15 is 0 Å². The summed E-state index contributed by atoms with van der Waals surface area (Å²) in [4.78, 5) is 11.9. The van der Waals surface area contributed by atoms with E-state index in [-0.39, 0.29) is 17.8 Å². The van der Waals surface area contributed by atoms with Gasteiger partial charge in [-0.15, -0.1) is 0 Å². The quantitative estimate of drug-likeness (QED) is 0.786. The van der Waals surface area contributed by atoms with Crippen molar-refractivity contribution in [2.24, 2.45) is 5.10 Å². The number of hydrogen-bond acceptors (Lipinski definition) is 2.